The minimum atomic E-state index is -0.560. The molecule has 3 aromatic rings. The molecule has 1 aromatic heterocycles. The number of halogens is 2. The number of carbonyl (C=O) groups excluding carboxylic acids is 2. The number of nitrogens with zero attached hydrogens (tertiary/aromatic N) is 1. The molecule has 2 atom stereocenters. The molecule has 3 N–H and O–H groups in total. The van der Waals surface area contributed by atoms with Crippen LogP contribution in [0.3, 0.4) is 0 Å². The van der Waals surface area contributed by atoms with Crippen LogP contribution in [0.25, 0.3) is 5.69 Å². The second-order valence-electron chi connectivity index (χ2n) is 7.43. The third-order valence-electron chi connectivity index (χ3n) is 5.31. The molecule has 0 saturated carbocycles. The Hall–Kier alpha value is -3.13. The van der Waals surface area contributed by atoms with Crippen LogP contribution in [-0.4, -0.2) is 29.5 Å². The van der Waals surface area contributed by atoms with Crippen molar-refractivity contribution in [2.24, 2.45) is 11.8 Å². The van der Waals surface area contributed by atoms with Crippen molar-refractivity contribution >= 4 is 46.4 Å². The summed E-state index contributed by atoms with van der Waals surface area (Å²) < 4.78 is 1.45. The van der Waals surface area contributed by atoms with Gasteiger partial charge in [-0.05, 0) is 48.5 Å². The van der Waals surface area contributed by atoms with Crippen molar-refractivity contribution in [3.05, 3.63) is 87.3 Å². The molecule has 32 heavy (non-hydrogen) atoms. The van der Waals surface area contributed by atoms with Gasteiger partial charge in [0.15, 0.2) is 0 Å². The Kier molecular flexibility index (Phi) is 6.60. The summed E-state index contributed by atoms with van der Waals surface area (Å²) in [6.45, 7) is 0.765. The van der Waals surface area contributed by atoms with E-state index in [4.69, 9.17) is 23.2 Å². The lowest BCUT2D eigenvalue weighted by Crippen LogP contribution is -2.35. The highest BCUT2D eigenvalue weighted by Crippen LogP contribution is 2.27. The SMILES string of the molecule is O=C(Nc1ccc(Cl)cc1)[C@H]1CNC[C@@H]1C(=O)Nc1ccc(-n2ccccc2=O)cc1Cl. The van der Waals surface area contributed by atoms with E-state index in [2.05, 4.69) is 16.0 Å². The third kappa shape index (κ3) is 4.85. The summed E-state index contributed by atoms with van der Waals surface area (Å²) in [4.78, 5) is 37.7. The molecule has 1 saturated heterocycles. The van der Waals surface area contributed by atoms with E-state index in [1.807, 2.05) is 0 Å². The molecule has 0 radical (unpaired) electrons. The molecular weight excluding hydrogens is 451 g/mol. The Morgan fingerprint density at radius 2 is 1.59 bits per heavy atom. The quantitative estimate of drug-likeness (QED) is 0.531. The molecule has 0 unspecified atom stereocenters. The number of benzene rings is 2. The Morgan fingerprint density at radius 1 is 0.906 bits per heavy atom. The van der Waals surface area contributed by atoms with Crippen molar-refractivity contribution in [1.29, 1.82) is 0 Å². The fourth-order valence-electron chi connectivity index (χ4n) is 3.62. The second kappa shape index (κ2) is 9.56. The van der Waals surface area contributed by atoms with Crippen LogP contribution < -0.4 is 21.5 Å². The predicted molar refractivity (Wildman–Crippen MR) is 126 cm³/mol. The highest BCUT2D eigenvalue weighted by Gasteiger charge is 2.38. The molecule has 4 rings (SSSR count). The summed E-state index contributed by atoms with van der Waals surface area (Å²) in [7, 11) is 0. The summed E-state index contributed by atoms with van der Waals surface area (Å²) in [6.07, 6.45) is 1.64. The highest BCUT2D eigenvalue weighted by atomic mass is 35.5. The summed E-state index contributed by atoms with van der Waals surface area (Å²) in [5.74, 6) is -1.65. The maximum absolute atomic E-state index is 12.9. The van der Waals surface area contributed by atoms with Crippen LogP contribution in [0.15, 0.2) is 71.7 Å². The topological polar surface area (TPSA) is 92.2 Å². The zero-order valence-electron chi connectivity index (χ0n) is 16.8. The second-order valence-corrected chi connectivity index (χ2v) is 8.27. The average Bonchev–Trinajstić information content (AvgIpc) is 3.27. The Morgan fingerprint density at radius 3 is 2.25 bits per heavy atom. The fraction of sp³-hybridized carbons (Fsp3) is 0.174. The molecule has 1 fully saturated rings. The molecule has 1 aliphatic rings. The van der Waals surface area contributed by atoms with Gasteiger partial charge in [0, 0.05) is 36.1 Å². The molecule has 164 valence electrons. The number of amides is 2. The van der Waals surface area contributed by atoms with Crippen LogP contribution in [0.4, 0.5) is 11.4 Å². The Labute approximate surface area is 194 Å². The van der Waals surface area contributed by atoms with Crippen molar-refractivity contribution in [3.8, 4) is 5.69 Å². The first-order valence-corrected chi connectivity index (χ1v) is 10.7. The average molecular weight is 471 g/mol. The van der Waals surface area contributed by atoms with Gasteiger partial charge in [-0.15, -0.1) is 0 Å². The van der Waals surface area contributed by atoms with Crippen molar-refractivity contribution in [1.82, 2.24) is 9.88 Å². The zero-order valence-corrected chi connectivity index (χ0v) is 18.4. The van der Waals surface area contributed by atoms with Gasteiger partial charge >= 0.3 is 0 Å². The number of pyridine rings is 1. The van der Waals surface area contributed by atoms with Gasteiger partial charge < -0.3 is 16.0 Å². The zero-order chi connectivity index (χ0) is 22.7. The summed E-state index contributed by atoms with van der Waals surface area (Å²) >= 11 is 12.2. The van der Waals surface area contributed by atoms with E-state index < -0.39 is 11.8 Å². The molecule has 2 heterocycles. The number of nitrogens with one attached hydrogen (secondary N) is 3. The monoisotopic (exact) mass is 470 g/mol. The Bertz CT molecular complexity index is 1210. The van der Waals surface area contributed by atoms with Crippen molar-refractivity contribution in [2.75, 3.05) is 23.7 Å². The van der Waals surface area contributed by atoms with E-state index in [-0.39, 0.29) is 17.4 Å². The molecule has 2 aromatic carbocycles. The minimum absolute atomic E-state index is 0.188. The van der Waals surface area contributed by atoms with Gasteiger partial charge in [0.2, 0.25) is 11.8 Å². The smallest absolute Gasteiger partial charge is 0.255 e. The normalized spacial score (nSPS) is 17.7. The van der Waals surface area contributed by atoms with Crippen molar-refractivity contribution < 1.29 is 9.59 Å². The van der Waals surface area contributed by atoms with Gasteiger partial charge in [-0.25, -0.2) is 0 Å². The number of aromatic nitrogens is 1. The third-order valence-corrected chi connectivity index (χ3v) is 5.88. The van der Waals surface area contributed by atoms with Crippen LogP contribution in [0.5, 0.6) is 0 Å². The maximum Gasteiger partial charge on any atom is 0.255 e. The van der Waals surface area contributed by atoms with Gasteiger partial charge in [-0.1, -0.05) is 29.3 Å². The summed E-state index contributed by atoms with van der Waals surface area (Å²) in [5.41, 5.74) is 1.42. The van der Waals surface area contributed by atoms with Crippen molar-refractivity contribution in [2.45, 2.75) is 0 Å². The number of anilines is 2. The predicted octanol–water partition coefficient (Wildman–Crippen LogP) is 3.56. The summed E-state index contributed by atoms with van der Waals surface area (Å²) in [6, 6.07) is 16.6. The number of hydrogen-bond acceptors (Lipinski definition) is 4. The summed E-state index contributed by atoms with van der Waals surface area (Å²) in [5, 5.41) is 9.60. The first-order chi connectivity index (χ1) is 15.4. The molecule has 1 aliphatic heterocycles. The van der Waals surface area contributed by atoms with Crippen molar-refractivity contribution in [3.63, 3.8) is 0 Å². The van der Waals surface area contributed by atoms with Crippen LogP contribution in [0, 0.1) is 11.8 Å². The van der Waals surface area contributed by atoms with E-state index in [0.29, 0.717) is 40.2 Å². The standard InChI is InChI=1S/C23H20Cl2N4O3/c24-14-4-6-15(7-5-14)27-22(31)17-12-26-13-18(17)23(32)28-20-9-8-16(11-19(20)25)29-10-2-1-3-21(29)30/h1-11,17-18,26H,12-13H2,(H,27,31)(H,28,32)/t17-,18-/m0/s1. The van der Waals surface area contributed by atoms with Crippen LogP contribution >= 0.6 is 23.2 Å². The van der Waals surface area contributed by atoms with E-state index in [1.165, 1.54) is 10.6 Å². The van der Waals surface area contributed by atoms with E-state index in [0.717, 1.165) is 0 Å². The lowest BCUT2D eigenvalue weighted by Gasteiger charge is -2.19. The number of carbonyl (C=O) groups is 2. The molecule has 0 bridgehead atoms. The van der Waals surface area contributed by atoms with Gasteiger partial charge in [-0.3, -0.25) is 19.0 Å². The van der Waals surface area contributed by atoms with E-state index in [9.17, 15) is 14.4 Å². The molecule has 7 nitrogen and oxygen atoms in total. The van der Waals surface area contributed by atoms with Crippen LogP contribution in [0.1, 0.15) is 0 Å². The van der Waals surface area contributed by atoms with Gasteiger partial charge in [0.1, 0.15) is 0 Å². The van der Waals surface area contributed by atoms with Crippen LogP contribution in [-0.2, 0) is 9.59 Å². The van der Waals surface area contributed by atoms with Gasteiger partial charge in [0.05, 0.1) is 28.2 Å². The Balaban J connectivity index is 1.45. The molecule has 2 amide bonds. The maximum atomic E-state index is 12.9. The fourth-order valence-corrected chi connectivity index (χ4v) is 3.97. The lowest BCUT2D eigenvalue weighted by molar-refractivity contribution is -0.127. The molecule has 0 spiro atoms. The molecule has 0 aliphatic carbocycles. The minimum Gasteiger partial charge on any atom is -0.326 e. The van der Waals surface area contributed by atoms with Gasteiger partial charge in [-0.2, -0.15) is 0 Å². The largest absolute Gasteiger partial charge is 0.326 e. The van der Waals surface area contributed by atoms with Gasteiger partial charge in [0.25, 0.3) is 5.56 Å². The number of rotatable bonds is 5. The molecular formula is C23H20Cl2N4O3. The number of hydrogen-bond donors (Lipinski definition) is 3. The lowest BCUT2D eigenvalue weighted by atomic mass is 9.94. The van der Waals surface area contributed by atoms with Crippen LogP contribution in [0.2, 0.25) is 10.0 Å². The molecule has 9 heteroatoms. The first kappa shape index (κ1) is 22.1. The highest BCUT2D eigenvalue weighted by molar-refractivity contribution is 6.34. The first-order valence-electron chi connectivity index (χ1n) is 9.98. The van der Waals surface area contributed by atoms with E-state index >= 15 is 0 Å². The van der Waals surface area contributed by atoms with E-state index in [1.54, 1.807) is 60.8 Å².